The lowest BCUT2D eigenvalue weighted by Crippen LogP contribution is -2.26. The number of imidazole rings is 1. The van der Waals surface area contributed by atoms with Crippen molar-refractivity contribution in [1.29, 1.82) is 0 Å². The molecule has 2 heterocycles. The van der Waals surface area contributed by atoms with Crippen molar-refractivity contribution < 1.29 is 4.79 Å². The lowest BCUT2D eigenvalue weighted by Gasteiger charge is -2.06. The van der Waals surface area contributed by atoms with Gasteiger partial charge in [-0.15, -0.1) is 11.3 Å². The van der Waals surface area contributed by atoms with E-state index in [0.29, 0.717) is 12.5 Å². The van der Waals surface area contributed by atoms with Crippen molar-refractivity contribution in [2.45, 2.75) is 52.1 Å². The van der Waals surface area contributed by atoms with Crippen molar-refractivity contribution in [2.24, 2.45) is 0 Å². The first-order valence-corrected chi connectivity index (χ1v) is 8.39. The van der Waals surface area contributed by atoms with Crippen LogP contribution < -0.4 is 10.6 Å². The fourth-order valence-electron chi connectivity index (χ4n) is 2.43. The smallest absolute Gasteiger partial charge is 0.220 e. The monoisotopic (exact) mass is 306 g/mol. The second-order valence-corrected chi connectivity index (χ2v) is 6.97. The highest BCUT2D eigenvalue weighted by molar-refractivity contribution is 7.17. The normalized spacial score (nSPS) is 14.8. The van der Waals surface area contributed by atoms with E-state index >= 15 is 0 Å². The summed E-state index contributed by atoms with van der Waals surface area (Å²) in [5.74, 6) is 0.190. The van der Waals surface area contributed by atoms with Crippen molar-refractivity contribution in [3.05, 3.63) is 22.5 Å². The molecular formula is C15H22N4OS. The number of carbonyl (C=O) groups is 1. The molecule has 0 aliphatic heterocycles. The van der Waals surface area contributed by atoms with Gasteiger partial charge in [-0.25, -0.2) is 4.98 Å². The summed E-state index contributed by atoms with van der Waals surface area (Å²) in [5, 5.41) is 6.43. The number of amides is 1. The highest BCUT2D eigenvalue weighted by atomic mass is 32.1. The van der Waals surface area contributed by atoms with Gasteiger partial charge in [0, 0.05) is 30.1 Å². The predicted molar refractivity (Wildman–Crippen MR) is 84.6 cm³/mol. The molecule has 1 fully saturated rings. The van der Waals surface area contributed by atoms with Gasteiger partial charge in [-0.05, 0) is 39.7 Å². The topological polar surface area (TPSA) is 58.4 Å². The molecule has 0 bridgehead atoms. The molecule has 0 unspecified atom stereocenters. The van der Waals surface area contributed by atoms with Gasteiger partial charge in [0.2, 0.25) is 5.91 Å². The van der Waals surface area contributed by atoms with Crippen LogP contribution in [0.5, 0.6) is 0 Å². The number of hydrogen-bond acceptors (Lipinski definition) is 4. The lowest BCUT2D eigenvalue weighted by molar-refractivity contribution is -0.121. The predicted octanol–water partition coefficient (Wildman–Crippen LogP) is 2.16. The molecule has 1 amide bonds. The fourth-order valence-corrected chi connectivity index (χ4v) is 3.32. The summed E-state index contributed by atoms with van der Waals surface area (Å²) in [4.78, 5) is 18.5. The van der Waals surface area contributed by atoms with Crippen LogP contribution in [0.15, 0.2) is 6.20 Å². The van der Waals surface area contributed by atoms with E-state index in [1.165, 1.54) is 10.6 Å². The van der Waals surface area contributed by atoms with Crippen LogP contribution in [0.3, 0.4) is 0 Å². The van der Waals surface area contributed by atoms with Crippen LogP contribution in [0.1, 0.15) is 41.9 Å². The minimum absolute atomic E-state index is 0.190. The third-order valence-electron chi connectivity index (χ3n) is 3.73. The van der Waals surface area contributed by atoms with Crippen molar-refractivity contribution in [2.75, 3.05) is 6.54 Å². The van der Waals surface area contributed by atoms with Crippen LogP contribution in [-0.2, 0) is 11.3 Å². The van der Waals surface area contributed by atoms with Crippen molar-refractivity contribution in [1.82, 2.24) is 20.0 Å². The quantitative estimate of drug-likeness (QED) is 0.771. The van der Waals surface area contributed by atoms with Crippen LogP contribution in [0, 0.1) is 13.8 Å². The number of thiazole rings is 1. The number of carbonyl (C=O) groups excluding carboxylic acids is 1. The van der Waals surface area contributed by atoms with E-state index in [-0.39, 0.29) is 5.91 Å². The highest BCUT2D eigenvalue weighted by Gasteiger charge is 2.22. The maximum atomic E-state index is 11.6. The summed E-state index contributed by atoms with van der Waals surface area (Å²) in [6.45, 7) is 5.81. The number of nitrogens with one attached hydrogen (secondary N) is 2. The minimum atomic E-state index is 0.190. The van der Waals surface area contributed by atoms with E-state index in [0.717, 1.165) is 43.0 Å². The Kier molecular flexibility index (Phi) is 4.26. The molecule has 2 aromatic rings. The van der Waals surface area contributed by atoms with E-state index < -0.39 is 0 Å². The highest BCUT2D eigenvalue weighted by Crippen LogP contribution is 2.20. The number of fused-ring (bicyclic) bond motifs is 1. The third kappa shape index (κ3) is 3.63. The molecule has 3 rings (SSSR count). The molecule has 0 radical (unpaired) electrons. The fraction of sp³-hybridized carbons (Fsp3) is 0.600. The molecule has 1 aliphatic rings. The average Bonchev–Trinajstić information content (AvgIpc) is 3.09. The van der Waals surface area contributed by atoms with Gasteiger partial charge in [0.1, 0.15) is 0 Å². The zero-order chi connectivity index (χ0) is 14.8. The molecule has 0 atom stereocenters. The van der Waals surface area contributed by atoms with Crippen molar-refractivity contribution in [3.8, 4) is 0 Å². The lowest BCUT2D eigenvalue weighted by atomic mass is 10.3. The molecule has 0 saturated heterocycles. The van der Waals surface area contributed by atoms with Crippen LogP contribution in [0.25, 0.3) is 4.96 Å². The van der Waals surface area contributed by atoms with Gasteiger partial charge < -0.3 is 10.6 Å². The summed E-state index contributed by atoms with van der Waals surface area (Å²) in [6, 6.07) is 0.468. The maximum Gasteiger partial charge on any atom is 0.220 e. The Morgan fingerprint density at radius 3 is 3.05 bits per heavy atom. The first-order chi connectivity index (χ1) is 10.1. The molecule has 2 aromatic heterocycles. The van der Waals surface area contributed by atoms with Gasteiger partial charge >= 0.3 is 0 Å². The van der Waals surface area contributed by atoms with Crippen LogP contribution >= 0.6 is 11.3 Å². The zero-order valence-corrected chi connectivity index (χ0v) is 13.4. The van der Waals surface area contributed by atoms with Gasteiger partial charge in [-0.2, -0.15) is 0 Å². The summed E-state index contributed by atoms with van der Waals surface area (Å²) >= 11 is 1.72. The molecular weight excluding hydrogens is 284 g/mol. The van der Waals surface area contributed by atoms with E-state index in [1.807, 2.05) is 0 Å². The Morgan fingerprint density at radius 1 is 1.48 bits per heavy atom. The Labute approximate surface area is 128 Å². The van der Waals surface area contributed by atoms with Gasteiger partial charge in [-0.1, -0.05) is 0 Å². The van der Waals surface area contributed by atoms with Crippen LogP contribution in [0.2, 0.25) is 0 Å². The minimum Gasteiger partial charge on any atom is -0.353 e. The molecule has 5 nitrogen and oxygen atoms in total. The van der Waals surface area contributed by atoms with Crippen LogP contribution in [-0.4, -0.2) is 27.9 Å². The second-order valence-electron chi connectivity index (χ2n) is 5.76. The largest absolute Gasteiger partial charge is 0.353 e. The Hall–Kier alpha value is -1.40. The Bertz CT molecular complexity index is 641. The van der Waals surface area contributed by atoms with Crippen molar-refractivity contribution >= 4 is 22.2 Å². The number of hydrogen-bond donors (Lipinski definition) is 2. The molecule has 0 aromatic carbocycles. The SMILES string of the molecule is Cc1cn2c(CNCCCC(=O)NC3CC3)c(C)nc2s1. The zero-order valence-electron chi connectivity index (χ0n) is 12.6. The molecule has 2 N–H and O–H groups in total. The Balaban J connectivity index is 1.43. The second kappa shape index (κ2) is 6.15. The van der Waals surface area contributed by atoms with Gasteiger partial charge in [0.05, 0.1) is 11.4 Å². The van der Waals surface area contributed by atoms with E-state index in [2.05, 4.69) is 40.1 Å². The maximum absolute atomic E-state index is 11.6. The number of nitrogens with zero attached hydrogens (tertiary/aromatic N) is 2. The van der Waals surface area contributed by atoms with Gasteiger partial charge in [-0.3, -0.25) is 9.20 Å². The van der Waals surface area contributed by atoms with Crippen LogP contribution in [0.4, 0.5) is 0 Å². The molecule has 6 heteroatoms. The summed E-state index contributed by atoms with van der Waals surface area (Å²) in [6.07, 6.45) is 5.94. The summed E-state index contributed by atoms with van der Waals surface area (Å²) in [7, 11) is 0. The summed E-state index contributed by atoms with van der Waals surface area (Å²) in [5.41, 5.74) is 2.30. The number of rotatable bonds is 7. The summed E-state index contributed by atoms with van der Waals surface area (Å²) < 4.78 is 2.17. The molecule has 1 aliphatic carbocycles. The van der Waals surface area contributed by atoms with E-state index in [1.54, 1.807) is 11.3 Å². The average molecular weight is 306 g/mol. The Morgan fingerprint density at radius 2 is 2.29 bits per heavy atom. The van der Waals surface area contributed by atoms with E-state index in [9.17, 15) is 4.79 Å². The molecule has 114 valence electrons. The molecule has 21 heavy (non-hydrogen) atoms. The van der Waals surface area contributed by atoms with Gasteiger partial charge in [0.25, 0.3) is 0 Å². The number of aryl methyl sites for hydroxylation is 2. The van der Waals surface area contributed by atoms with Crippen molar-refractivity contribution in [3.63, 3.8) is 0 Å². The van der Waals surface area contributed by atoms with E-state index in [4.69, 9.17) is 0 Å². The van der Waals surface area contributed by atoms with Gasteiger partial charge in [0.15, 0.2) is 4.96 Å². The number of aromatic nitrogens is 2. The first-order valence-electron chi connectivity index (χ1n) is 7.57. The molecule has 0 spiro atoms. The third-order valence-corrected chi connectivity index (χ3v) is 4.63. The first kappa shape index (κ1) is 14.5. The standard InChI is InChI=1S/C15H22N4OS/c1-10-9-19-13(11(2)17-15(19)21-10)8-16-7-3-4-14(20)18-12-5-6-12/h9,12,16H,3-8H2,1-2H3,(H,18,20). The molecule has 1 saturated carbocycles.